The van der Waals surface area contributed by atoms with Gasteiger partial charge in [-0.3, -0.25) is 14.2 Å². The molecule has 3 aromatic rings. The van der Waals surface area contributed by atoms with E-state index in [0.29, 0.717) is 23.6 Å². The average Bonchev–Trinajstić information content (AvgIpc) is 3.10. The first kappa shape index (κ1) is 17.7. The van der Waals surface area contributed by atoms with Gasteiger partial charge in [-0.25, -0.2) is 4.98 Å². The van der Waals surface area contributed by atoms with E-state index in [-0.39, 0.29) is 17.2 Å². The van der Waals surface area contributed by atoms with Gasteiger partial charge in [0.25, 0.3) is 5.56 Å². The summed E-state index contributed by atoms with van der Waals surface area (Å²) in [7, 11) is 1.70. The van der Waals surface area contributed by atoms with E-state index in [0.717, 1.165) is 10.4 Å². The third kappa shape index (κ3) is 3.93. The largest absolute Gasteiger partial charge is 0.338 e. The molecule has 0 saturated carbocycles. The molecule has 7 heteroatoms. The van der Waals surface area contributed by atoms with Gasteiger partial charge in [-0.1, -0.05) is 42.1 Å². The van der Waals surface area contributed by atoms with Crippen molar-refractivity contribution in [2.45, 2.75) is 18.6 Å². The van der Waals surface area contributed by atoms with Crippen molar-refractivity contribution in [3.63, 3.8) is 0 Å². The predicted octanol–water partition coefficient (Wildman–Crippen LogP) is 3.14. The summed E-state index contributed by atoms with van der Waals surface area (Å²) in [5.41, 5.74) is 1.03. The number of carbonyl (C=O) groups excluding carboxylic acids is 1. The van der Waals surface area contributed by atoms with Crippen molar-refractivity contribution in [1.82, 2.24) is 14.5 Å². The van der Waals surface area contributed by atoms with Gasteiger partial charge in [0.1, 0.15) is 4.83 Å². The van der Waals surface area contributed by atoms with Crippen LogP contribution in [0.25, 0.3) is 10.2 Å². The Labute approximate surface area is 154 Å². The highest BCUT2D eigenvalue weighted by Crippen LogP contribution is 2.21. The summed E-state index contributed by atoms with van der Waals surface area (Å²) in [5, 5.41) is 3.06. The first-order chi connectivity index (χ1) is 12.1. The normalized spacial score (nSPS) is 11.0. The van der Waals surface area contributed by atoms with Crippen molar-refractivity contribution in [1.29, 1.82) is 0 Å². The second-order valence-corrected chi connectivity index (χ2v) is 7.42. The lowest BCUT2D eigenvalue weighted by molar-refractivity contribution is -0.128. The number of benzene rings is 1. The standard InChI is InChI=1S/C18H19N3O2S2/c1-3-21(11-13-7-5-4-6-8-13)15(22)12-25-18-19-16-14(9-10-24-16)17(23)20(18)2/h4-10H,3,11-12H2,1-2H3. The van der Waals surface area contributed by atoms with Crippen LogP contribution in [0.5, 0.6) is 0 Å². The molecule has 2 heterocycles. The summed E-state index contributed by atoms with van der Waals surface area (Å²) in [5.74, 6) is 0.301. The van der Waals surface area contributed by atoms with Crippen LogP contribution in [0.15, 0.2) is 51.7 Å². The van der Waals surface area contributed by atoms with Gasteiger partial charge in [0.15, 0.2) is 5.16 Å². The molecule has 1 amide bonds. The maximum Gasteiger partial charge on any atom is 0.262 e. The van der Waals surface area contributed by atoms with Crippen molar-refractivity contribution in [2.75, 3.05) is 12.3 Å². The van der Waals surface area contributed by atoms with Crippen LogP contribution in [-0.4, -0.2) is 32.7 Å². The van der Waals surface area contributed by atoms with E-state index in [9.17, 15) is 9.59 Å². The fourth-order valence-corrected chi connectivity index (χ4v) is 4.19. The second kappa shape index (κ2) is 7.84. The molecule has 0 unspecified atom stereocenters. The summed E-state index contributed by atoms with van der Waals surface area (Å²) in [6.07, 6.45) is 0. The topological polar surface area (TPSA) is 55.2 Å². The molecule has 0 N–H and O–H groups in total. The highest BCUT2D eigenvalue weighted by molar-refractivity contribution is 7.99. The van der Waals surface area contributed by atoms with Gasteiger partial charge in [0.2, 0.25) is 5.91 Å². The fourth-order valence-electron chi connectivity index (χ4n) is 2.51. The van der Waals surface area contributed by atoms with E-state index < -0.39 is 0 Å². The molecule has 0 spiro atoms. The molecule has 0 aliphatic carbocycles. The Bertz CT molecular complexity index is 934. The summed E-state index contributed by atoms with van der Waals surface area (Å²) in [6, 6.07) is 11.7. The molecule has 25 heavy (non-hydrogen) atoms. The SMILES string of the molecule is CCN(Cc1ccccc1)C(=O)CSc1nc2sccc2c(=O)n1C. The minimum absolute atomic E-state index is 0.0388. The maximum atomic E-state index is 12.6. The summed E-state index contributed by atoms with van der Waals surface area (Å²) >= 11 is 2.75. The van der Waals surface area contributed by atoms with Crippen LogP contribution in [0.1, 0.15) is 12.5 Å². The average molecular weight is 374 g/mol. The molecule has 3 rings (SSSR count). The number of hydrogen-bond donors (Lipinski definition) is 0. The molecule has 130 valence electrons. The Morgan fingerprint density at radius 3 is 2.76 bits per heavy atom. The van der Waals surface area contributed by atoms with Crippen molar-refractivity contribution in [3.8, 4) is 0 Å². The monoisotopic (exact) mass is 373 g/mol. The summed E-state index contributed by atoms with van der Waals surface area (Å²) < 4.78 is 1.51. The number of rotatable bonds is 6. The third-order valence-electron chi connectivity index (χ3n) is 3.94. The number of aromatic nitrogens is 2. The number of fused-ring (bicyclic) bond motifs is 1. The van der Waals surface area contributed by atoms with E-state index >= 15 is 0 Å². The Morgan fingerprint density at radius 1 is 1.28 bits per heavy atom. The quantitative estimate of drug-likeness (QED) is 0.492. The van der Waals surface area contributed by atoms with Crippen LogP contribution in [0.2, 0.25) is 0 Å². The van der Waals surface area contributed by atoms with E-state index in [4.69, 9.17) is 0 Å². The third-order valence-corrected chi connectivity index (χ3v) is 5.76. The van der Waals surface area contributed by atoms with Crippen LogP contribution in [0.4, 0.5) is 0 Å². The van der Waals surface area contributed by atoms with Crippen molar-refractivity contribution >= 4 is 39.2 Å². The summed E-state index contributed by atoms with van der Waals surface area (Å²) in [6.45, 7) is 3.20. The molecule has 5 nitrogen and oxygen atoms in total. The number of thioether (sulfide) groups is 1. The van der Waals surface area contributed by atoms with Gasteiger partial charge in [-0.05, 0) is 23.9 Å². The van der Waals surface area contributed by atoms with Gasteiger partial charge in [0.05, 0.1) is 11.1 Å². The maximum absolute atomic E-state index is 12.6. The van der Waals surface area contributed by atoms with E-state index in [1.807, 2.05) is 47.5 Å². The Hall–Kier alpha value is -2.12. The number of hydrogen-bond acceptors (Lipinski definition) is 5. The number of amides is 1. The fraction of sp³-hybridized carbons (Fsp3) is 0.278. The van der Waals surface area contributed by atoms with Crippen LogP contribution in [0, 0.1) is 0 Å². The molecule has 0 bridgehead atoms. The van der Waals surface area contributed by atoms with Gasteiger partial charge in [0, 0.05) is 20.1 Å². The van der Waals surface area contributed by atoms with Gasteiger partial charge in [-0.15, -0.1) is 11.3 Å². The zero-order valence-corrected chi connectivity index (χ0v) is 15.8. The first-order valence-corrected chi connectivity index (χ1v) is 9.85. The Balaban J connectivity index is 1.71. The molecular formula is C18H19N3O2S2. The van der Waals surface area contributed by atoms with Crippen LogP contribution >= 0.6 is 23.1 Å². The lowest BCUT2D eigenvalue weighted by Crippen LogP contribution is -2.32. The van der Waals surface area contributed by atoms with Crippen LogP contribution < -0.4 is 5.56 Å². The first-order valence-electron chi connectivity index (χ1n) is 7.99. The van der Waals surface area contributed by atoms with Crippen molar-refractivity contribution in [3.05, 3.63) is 57.7 Å². The molecule has 0 saturated heterocycles. The number of nitrogens with zero attached hydrogens (tertiary/aromatic N) is 3. The molecule has 1 aromatic carbocycles. The number of thiophene rings is 1. The lowest BCUT2D eigenvalue weighted by atomic mass is 10.2. The van der Waals surface area contributed by atoms with Gasteiger partial charge < -0.3 is 4.90 Å². The van der Waals surface area contributed by atoms with Crippen LogP contribution in [-0.2, 0) is 18.4 Å². The molecule has 2 aromatic heterocycles. The second-order valence-electron chi connectivity index (χ2n) is 5.58. The van der Waals surface area contributed by atoms with E-state index in [1.165, 1.54) is 27.7 Å². The van der Waals surface area contributed by atoms with E-state index in [2.05, 4.69) is 4.98 Å². The van der Waals surface area contributed by atoms with Crippen molar-refractivity contribution < 1.29 is 4.79 Å². The number of carbonyl (C=O) groups is 1. The Morgan fingerprint density at radius 2 is 2.04 bits per heavy atom. The summed E-state index contributed by atoms with van der Waals surface area (Å²) in [4.78, 5) is 31.9. The smallest absolute Gasteiger partial charge is 0.262 e. The minimum Gasteiger partial charge on any atom is -0.338 e. The molecular weight excluding hydrogens is 354 g/mol. The van der Waals surface area contributed by atoms with Crippen LogP contribution in [0.3, 0.4) is 0 Å². The molecule has 0 aliphatic rings. The predicted molar refractivity (Wildman–Crippen MR) is 103 cm³/mol. The highest BCUT2D eigenvalue weighted by Gasteiger charge is 2.15. The molecule has 0 radical (unpaired) electrons. The molecule has 0 aliphatic heterocycles. The molecule has 0 atom stereocenters. The van der Waals surface area contributed by atoms with Gasteiger partial charge >= 0.3 is 0 Å². The van der Waals surface area contributed by atoms with Gasteiger partial charge in [-0.2, -0.15) is 0 Å². The van der Waals surface area contributed by atoms with E-state index in [1.54, 1.807) is 13.1 Å². The highest BCUT2D eigenvalue weighted by atomic mass is 32.2. The Kier molecular flexibility index (Phi) is 5.55. The van der Waals surface area contributed by atoms with Crippen molar-refractivity contribution in [2.24, 2.45) is 7.05 Å². The lowest BCUT2D eigenvalue weighted by Gasteiger charge is -2.21. The zero-order chi connectivity index (χ0) is 17.8. The molecule has 0 fully saturated rings. The zero-order valence-electron chi connectivity index (χ0n) is 14.1. The minimum atomic E-state index is -0.0715.